The second-order valence-electron chi connectivity index (χ2n) is 4.36. The third-order valence-corrected chi connectivity index (χ3v) is 2.84. The van der Waals surface area contributed by atoms with Crippen molar-refractivity contribution in [3.8, 4) is 0 Å². The van der Waals surface area contributed by atoms with Crippen LogP contribution < -0.4 is 10.6 Å². The number of carboxylic acids is 1. The molecule has 0 spiro atoms. The molecule has 0 aliphatic carbocycles. The zero-order valence-electron chi connectivity index (χ0n) is 10.5. The molecule has 0 bridgehead atoms. The van der Waals surface area contributed by atoms with Crippen molar-refractivity contribution >= 4 is 11.9 Å². The molecule has 1 aliphatic heterocycles. The molecule has 1 fully saturated rings. The zero-order valence-corrected chi connectivity index (χ0v) is 10.5. The summed E-state index contributed by atoms with van der Waals surface area (Å²) in [5.41, 5.74) is 0. The molecule has 1 saturated heterocycles. The first kappa shape index (κ1) is 14.7. The van der Waals surface area contributed by atoms with Gasteiger partial charge in [-0.3, -0.25) is 9.69 Å². The maximum absolute atomic E-state index is 11.7. The number of carbonyl (C=O) groups is 2. The van der Waals surface area contributed by atoms with Crippen LogP contribution in [0.25, 0.3) is 0 Å². The Morgan fingerprint density at radius 2 is 2.22 bits per heavy atom. The lowest BCUT2D eigenvalue weighted by molar-refractivity contribution is -0.141. The van der Waals surface area contributed by atoms with E-state index in [4.69, 9.17) is 5.11 Å². The molecule has 0 radical (unpaired) electrons. The van der Waals surface area contributed by atoms with Crippen molar-refractivity contribution in [3.05, 3.63) is 12.7 Å². The molecule has 6 heteroatoms. The Balaban J connectivity index is 2.38. The molecule has 0 aromatic carbocycles. The molecule has 3 N–H and O–H groups in total. The van der Waals surface area contributed by atoms with E-state index < -0.39 is 12.0 Å². The van der Waals surface area contributed by atoms with Crippen molar-refractivity contribution in [2.24, 2.45) is 0 Å². The third kappa shape index (κ3) is 5.29. The number of nitrogens with zero attached hydrogens (tertiary/aromatic N) is 1. The summed E-state index contributed by atoms with van der Waals surface area (Å²) in [6, 6.07) is -0.875. The highest BCUT2D eigenvalue weighted by Crippen LogP contribution is 1.97. The van der Waals surface area contributed by atoms with Gasteiger partial charge in [0.15, 0.2) is 0 Å². The molecule has 102 valence electrons. The fourth-order valence-electron chi connectivity index (χ4n) is 1.89. The van der Waals surface area contributed by atoms with E-state index in [1.807, 2.05) is 4.90 Å². The van der Waals surface area contributed by atoms with Gasteiger partial charge in [-0.1, -0.05) is 6.08 Å². The summed E-state index contributed by atoms with van der Waals surface area (Å²) < 4.78 is 0. The molecule has 1 rings (SSSR count). The van der Waals surface area contributed by atoms with Crippen molar-refractivity contribution in [2.75, 3.05) is 32.7 Å². The number of amides is 1. The van der Waals surface area contributed by atoms with Gasteiger partial charge < -0.3 is 15.7 Å². The largest absolute Gasteiger partial charge is 0.480 e. The first-order chi connectivity index (χ1) is 8.63. The van der Waals surface area contributed by atoms with Crippen molar-refractivity contribution in [1.82, 2.24) is 15.5 Å². The number of hydrogen-bond donors (Lipinski definition) is 3. The monoisotopic (exact) mass is 255 g/mol. The summed E-state index contributed by atoms with van der Waals surface area (Å²) in [4.78, 5) is 24.7. The maximum Gasteiger partial charge on any atom is 0.326 e. The average molecular weight is 255 g/mol. The molecule has 1 aliphatic rings. The highest BCUT2D eigenvalue weighted by Gasteiger charge is 2.20. The van der Waals surface area contributed by atoms with Gasteiger partial charge in [-0.15, -0.1) is 6.58 Å². The second kappa shape index (κ2) is 7.84. The predicted octanol–water partition coefficient (Wildman–Crippen LogP) is -0.573. The number of hydrogen-bond acceptors (Lipinski definition) is 4. The Bertz CT molecular complexity index is 299. The molecule has 6 nitrogen and oxygen atoms in total. The van der Waals surface area contributed by atoms with Gasteiger partial charge in [-0.25, -0.2) is 4.79 Å². The van der Waals surface area contributed by atoms with Crippen LogP contribution in [0.3, 0.4) is 0 Å². The van der Waals surface area contributed by atoms with Gasteiger partial charge in [-0.05, 0) is 25.9 Å². The van der Waals surface area contributed by atoms with Gasteiger partial charge in [0.1, 0.15) is 6.04 Å². The van der Waals surface area contributed by atoms with Gasteiger partial charge in [0.2, 0.25) is 5.91 Å². The van der Waals surface area contributed by atoms with Crippen LogP contribution in [0.4, 0.5) is 0 Å². The minimum Gasteiger partial charge on any atom is -0.480 e. The summed E-state index contributed by atoms with van der Waals surface area (Å²) in [6.45, 7) is 7.24. The maximum atomic E-state index is 11.7. The van der Waals surface area contributed by atoms with Crippen LogP contribution in [-0.2, 0) is 9.59 Å². The Morgan fingerprint density at radius 3 is 2.89 bits per heavy atom. The Morgan fingerprint density at radius 1 is 1.44 bits per heavy atom. The fraction of sp³-hybridized carbons (Fsp3) is 0.667. The molecule has 1 atom stereocenters. The summed E-state index contributed by atoms with van der Waals surface area (Å²) >= 11 is 0. The van der Waals surface area contributed by atoms with Crippen LogP contribution in [0.1, 0.15) is 12.8 Å². The third-order valence-electron chi connectivity index (χ3n) is 2.84. The summed E-state index contributed by atoms with van der Waals surface area (Å²) in [5.74, 6) is -1.27. The second-order valence-corrected chi connectivity index (χ2v) is 4.36. The quantitative estimate of drug-likeness (QED) is 0.554. The molecule has 1 unspecified atom stereocenters. The van der Waals surface area contributed by atoms with Crippen LogP contribution in [0.2, 0.25) is 0 Å². The van der Waals surface area contributed by atoms with Gasteiger partial charge in [0.25, 0.3) is 0 Å². The van der Waals surface area contributed by atoms with E-state index in [1.54, 1.807) is 0 Å². The normalized spacial score (nSPS) is 18.7. The topological polar surface area (TPSA) is 81.7 Å². The standard InChI is InChI=1S/C12H21N3O3/c1-2-4-10(12(17)18)14-11(16)9-15-7-3-5-13-6-8-15/h2,10,13H,1,3-9H2,(H,14,16)(H,17,18). The molecule has 1 amide bonds. The highest BCUT2D eigenvalue weighted by atomic mass is 16.4. The van der Waals surface area contributed by atoms with Crippen LogP contribution >= 0.6 is 0 Å². The lowest BCUT2D eigenvalue weighted by atomic mass is 10.2. The van der Waals surface area contributed by atoms with Crippen molar-refractivity contribution in [1.29, 1.82) is 0 Å². The predicted molar refractivity (Wildman–Crippen MR) is 68.3 cm³/mol. The van der Waals surface area contributed by atoms with E-state index in [2.05, 4.69) is 17.2 Å². The van der Waals surface area contributed by atoms with E-state index in [1.165, 1.54) is 6.08 Å². The van der Waals surface area contributed by atoms with E-state index in [9.17, 15) is 9.59 Å². The van der Waals surface area contributed by atoms with Crippen LogP contribution in [0.15, 0.2) is 12.7 Å². The zero-order chi connectivity index (χ0) is 13.4. The number of nitrogens with one attached hydrogen (secondary N) is 2. The number of aliphatic carboxylic acids is 1. The van der Waals surface area contributed by atoms with Crippen molar-refractivity contribution < 1.29 is 14.7 Å². The van der Waals surface area contributed by atoms with Crippen molar-refractivity contribution in [3.63, 3.8) is 0 Å². The van der Waals surface area contributed by atoms with Gasteiger partial charge >= 0.3 is 5.97 Å². The molecule has 18 heavy (non-hydrogen) atoms. The summed E-state index contributed by atoms with van der Waals surface area (Å²) in [6.07, 6.45) is 2.74. The smallest absolute Gasteiger partial charge is 0.326 e. The Kier molecular flexibility index (Phi) is 6.38. The van der Waals surface area contributed by atoms with Gasteiger partial charge in [0, 0.05) is 13.1 Å². The minimum absolute atomic E-state index is 0.239. The number of carbonyl (C=O) groups excluding carboxylic acids is 1. The molecular weight excluding hydrogens is 234 g/mol. The van der Waals surface area contributed by atoms with Crippen LogP contribution in [0.5, 0.6) is 0 Å². The van der Waals surface area contributed by atoms with Crippen LogP contribution in [0, 0.1) is 0 Å². The van der Waals surface area contributed by atoms with Gasteiger partial charge in [-0.2, -0.15) is 0 Å². The summed E-state index contributed by atoms with van der Waals surface area (Å²) in [7, 11) is 0. The minimum atomic E-state index is -1.03. The number of rotatable bonds is 6. The summed E-state index contributed by atoms with van der Waals surface area (Å²) in [5, 5.41) is 14.7. The van der Waals surface area contributed by atoms with Crippen LogP contribution in [-0.4, -0.2) is 60.6 Å². The average Bonchev–Trinajstić information content (AvgIpc) is 2.57. The van der Waals surface area contributed by atoms with Crippen molar-refractivity contribution in [2.45, 2.75) is 18.9 Å². The molecule has 1 heterocycles. The van der Waals surface area contributed by atoms with E-state index in [0.717, 1.165) is 32.6 Å². The fourth-order valence-corrected chi connectivity index (χ4v) is 1.89. The van der Waals surface area contributed by atoms with E-state index in [-0.39, 0.29) is 18.9 Å². The van der Waals surface area contributed by atoms with E-state index in [0.29, 0.717) is 0 Å². The molecule has 0 aromatic heterocycles. The van der Waals surface area contributed by atoms with Gasteiger partial charge in [0.05, 0.1) is 6.54 Å². The van der Waals surface area contributed by atoms with E-state index >= 15 is 0 Å². The highest BCUT2D eigenvalue weighted by molar-refractivity contribution is 5.84. The Labute approximate surface area is 107 Å². The molecule has 0 aromatic rings. The molecule has 0 saturated carbocycles. The Hall–Kier alpha value is -1.40. The first-order valence-electron chi connectivity index (χ1n) is 6.19. The molecular formula is C12H21N3O3. The first-order valence-corrected chi connectivity index (χ1v) is 6.19. The SMILES string of the molecule is C=CCC(NC(=O)CN1CCCNCC1)C(=O)O. The number of carboxylic acid groups (broad SMARTS) is 1. The lowest BCUT2D eigenvalue weighted by Gasteiger charge is -2.20. The lowest BCUT2D eigenvalue weighted by Crippen LogP contribution is -2.46.